The lowest BCUT2D eigenvalue weighted by Gasteiger charge is -2.28. The van der Waals surface area contributed by atoms with E-state index in [-0.39, 0.29) is 30.1 Å². The molecule has 0 aliphatic carbocycles. The molecule has 0 bridgehead atoms. The fourth-order valence-corrected chi connectivity index (χ4v) is 5.48. The zero-order valence-corrected chi connectivity index (χ0v) is 16.6. The maximum atomic E-state index is 12.8. The summed E-state index contributed by atoms with van der Waals surface area (Å²) in [5.74, 6) is 0.646. The standard InChI is InChI=1S/C19H23NO4S2/c1-14-5-6-17(10-15(14)2)24-12-19(21)20(11-18-4-3-8-25-18)16-7-9-26(22,23)13-16/h3-6,8,10,16H,7,9,11-13H2,1-2H3/t16-/m1/s1. The van der Waals surface area contributed by atoms with Crippen LogP contribution >= 0.6 is 11.3 Å². The first kappa shape index (κ1) is 18.9. The molecule has 1 aromatic carbocycles. The molecule has 1 aliphatic heterocycles. The Balaban J connectivity index is 1.70. The highest BCUT2D eigenvalue weighted by atomic mass is 32.2. The maximum absolute atomic E-state index is 12.8. The lowest BCUT2D eigenvalue weighted by molar-refractivity contribution is -0.135. The van der Waals surface area contributed by atoms with Crippen LogP contribution in [0.1, 0.15) is 22.4 Å². The summed E-state index contributed by atoms with van der Waals surface area (Å²) < 4.78 is 29.4. The number of amides is 1. The number of sulfone groups is 1. The van der Waals surface area contributed by atoms with E-state index in [1.165, 1.54) is 5.56 Å². The Morgan fingerprint density at radius 3 is 2.69 bits per heavy atom. The average molecular weight is 394 g/mol. The molecular weight excluding hydrogens is 370 g/mol. The smallest absolute Gasteiger partial charge is 0.261 e. The molecule has 0 radical (unpaired) electrons. The van der Waals surface area contributed by atoms with Gasteiger partial charge in [-0.1, -0.05) is 12.1 Å². The van der Waals surface area contributed by atoms with E-state index < -0.39 is 9.84 Å². The average Bonchev–Trinajstić information content (AvgIpc) is 3.22. The minimum absolute atomic E-state index is 0.0355. The Kier molecular flexibility index (Phi) is 5.67. The Bertz CT molecular complexity index is 875. The van der Waals surface area contributed by atoms with Crippen molar-refractivity contribution >= 4 is 27.1 Å². The largest absolute Gasteiger partial charge is 0.484 e. The number of carbonyl (C=O) groups is 1. The number of benzene rings is 1. The molecule has 1 aromatic heterocycles. The minimum Gasteiger partial charge on any atom is -0.484 e. The molecule has 1 fully saturated rings. The van der Waals surface area contributed by atoms with Crippen molar-refractivity contribution in [2.45, 2.75) is 32.9 Å². The Labute approximate surface area is 158 Å². The van der Waals surface area contributed by atoms with Crippen LogP contribution in [0, 0.1) is 13.8 Å². The number of ether oxygens (including phenoxy) is 1. The van der Waals surface area contributed by atoms with E-state index >= 15 is 0 Å². The molecule has 1 atom stereocenters. The predicted molar refractivity (Wildman–Crippen MR) is 103 cm³/mol. The van der Waals surface area contributed by atoms with Crippen LogP contribution in [0.5, 0.6) is 5.75 Å². The van der Waals surface area contributed by atoms with Gasteiger partial charge in [-0.25, -0.2) is 8.42 Å². The lowest BCUT2D eigenvalue weighted by atomic mass is 10.1. The van der Waals surface area contributed by atoms with Crippen LogP contribution in [-0.2, 0) is 21.2 Å². The first-order valence-electron chi connectivity index (χ1n) is 8.56. The van der Waals surface area contributed by atoms with Crippen LogP contribution in [0.4, 0.5) is 0 Å². The highest BCUT2D eigenvalue weighted by Crippen LogP contribution is 2.23. The summed E-state index contributed by atoms with van der Waals surface area (Å²) in [5.41, 5.74) is 2.27. The zero-order chi connectivity index (χ0) is 18.7. The number of nitrogens with zero attached hydrogens (tertiary/aromatic N) is 1. The monoisotopic (exact) mass is 393 g/mol. The number of carbonyl (C=O) groups excluding carboxylic acids is 1. The third kappa shape index (κ3) is 4.65. The summed E-state index contributed by atoms with van der Waals surface area (Å²) in [6.45, 7) is 4.35. The summed E-state index contributed by atoms with van der Waals surface area (Å²) in [4.78, 5) is 15.5. The molecule has 1 aliphatic rings. The molecule has 0 saturated carbocycles. The predicted octanol–water partition coefficient (Wildman–Crippen LogP) is 2.96. The van der Waals surface area contributed by atoms with Gasteiger partial charge in [-0.3, -0.25) is 4.79 Å². The Hall–Kier alpha value is -1.86. The molecule has 26 heavy (non-hydrogen) atoms. The van der Waals surface area contributed by atoms with Gasteiger partial charge in [0.15, 0.2) is 16.4 Å². The van der Waals surface area contributed by atoms with E-state index in [2.05, 4.69) is 0 Å². The van der Waals surface area contributed by atoms with E-state index in [1.54, 1.807) is 16.2 Å². The van der Waals surface area contributed by atoms with Gasteiger partial charge in [-0.15, -0.1) is 11.3 Å². The van der Waals surface area contributed by atoms with Crippen molar-refractivity contribution in [1.82, 2.24) is 4.90 Å². The molecule has 1 amide bonds. The molecule has 0 unspecified atom stereocenters. The second-order valence-corrected chi connectivity index (χ2v) is 9.95. The number of rotatable bonds is 6. The van der Waals surface area contributed by atoms with Gasteiger partial charge in [0.05, 0.1) is 18.1 Å². The van der Waals surface area contributed by atoms with Crippen molar-refractivity contribution < 1.29 is 17.9 Å². The van der Waals surface area contributed by atoms with Crippen LogP contribution < -0.4 is 4.74 Å². The molecule has 140 valence electrons. The SMILES string of the molecule is Cc1ccc(OCC(=O)N(Cc2cccs2)[C@@H]2CCS(=O)(=O)C2)cc1C. The molecule has 0 spiro atoms. The number of aryl methyl sites for hydroxylation is 2. The van der Waals surface area contributed by atoms with Gasteiger partial charge in [-0.2, -0.15) is 0 Å². The Morgan fingerprint density at radius 2 is 2.08 bits per heavy atom. The van der Waals surface area contributed by atoms with Crippen molar-refractivity contribution in [2.24, 2.45) is 0 Å². The normalized spacial score (nSPS) is 18.6. The van der Waals surface area contributed by atoms with Crippen molar-refractivity contribution in [1.29, 1.82) is 0 Å². The van der Waals surface area contributed by atoms with Gasteiger partial charge in [0.25, 0.3) is 5.91 Å². The van der Waals surface area contributed by atoms with Crippen molar-refractivity contribution in [3.63, 3.8) is 0 Å². The molecule has 0 N–H and O–H groups in total. The quantitative estimate of drug-likeness (QED) is 0.757. The summed E-state index contributed by atoms with van der Waals surface area (Å²) in [6, 6.07) is 9.32. The number of hydrogen-bond donors (Lipinski definition) is 0. The van der Waals surface area contributed by atoms with E-state index in [0.717, 1.165) is 10.4 Å². The molecular formula is C19H23NO4S2. The van der Waals surface area contributed by atoms with Crippen LogP contribution in [0.15, 0.2) is 35.7 Å². The van der Waals surface area contributed by atoms with Crippen LogP contribution in [0.2, 0.25) is 0 Å². The Morgan fingerprint density at radius 1 is 1.27 bits per heavy atom. The molecule has 2 aromatic rings. The number of hydrogen-bond acceptors (Lipinski definition) is 5. The van der Waals surface area contributed by atoms with Crippen LogP contribution in [0.3, 0.4) is 0 Å². The van der Waals surface area contributed by atoms with Gasteiger partial charge in [0.1, 0.15) is 5.75 Å². The topological polar surface area (TPSA) is 63.7 Å². The third-order valence-corrected chi connectivity index (χ3v) is 7.33. The van der Waals surface area contributed by atoms with Gasteiger partial charge in [0.2, 0.25) is 0 Å². The minimum atomic E-state index is -3.06. The second kappa shape index (κ2) is 7.80. The molecule has 5 nitrogen and oxygen atoms in total. The first-order valence-corrected chi connectivity index (χ1v) is 11.3. The molecule has 2 heterocycles. The summed E-state index contributed by atoms with van der Waals surface area (Å²) in [5, 5.41) is 1.95. The second-order valence-electron chi connectivity index (χ2n) is 6.69. The van der Waals surface area contributed by atoms with E-state index in [0.29, 0.717) is 18.7 Å². The fourth-order valence-electron chi connectivity index (χ4n) is 3.04. The van der Waals surface area contributed by atoms with Crippen molar-refractivity contribution in [3.05, 3.63) is 51.7 Å². The highest BCUT2D eigenvalue weighted by Gasteiger charge is 2.34. The summed E-state index contributed by atoms with van der Waals surface area (Å²) in [6.07, 6.45) is 0.489. The van der Waals surface area contributed by atoms with Gasteiger partial charge >= 0.3 is 0 Å². The number of thiophene rings is 1. The van der Waals surface area contributed by atoms with Crippen LogP contribution in [0.25, 0.3) is 0 Å². The molecule has 7 heteroatoms. The summed E-state index contributed by atoms with van der Waals surface area (Å²) >= 11 is 1.56. The van der Waals surface area contributed by atoms with Crippen LogP contribution in [-0.4, -0.2) is 43.4 Å². The van der Waals surface area contributed by atoms with Crippen molar-refractivity contribution in [2.75, 3.05) is 18.1 Å². The van der Waals surface area contributed by atoms with E-state index in [9.17, 15) is 13.2 Å². The lowest BCUT2D eigenvalue weighted by Crippen LogP contribution is -2.42. The summed E-state index contributed by atoms with van der Waals surface area (Å²) in [7, 11) is -3.06. The van der Waals surface area contributed by atoms with E-state index in [4.69, 9.17) is 4.74 Å². The van der Waals surface area contributed by atoms with Gasteiger partial charge in [-0.05, 0) is 55.0 Å². The van der Waals surface area contributed by atoms with Crippen molar-refractivity contribution in [3.8, 4) is 5.75 Å². The first-order chi connectivity index (χ1) is 12.3. The zero-order valence-electron chi connectivity index (χ0n) is 15.0. The third-order valence-electron chi connectivity index (χ3n) is 4.72. The molecule has 1 saturated heterocycles. The highest BCUT2D eigenvalue weighted by molar-refractivity contribution is 7.91. The van der Waals surface area contributed by atoms with E-state index in [1.807, 2.05) is 49.6 Å². The van der Waals surface area contributed by atoms with Gasteiger partial charge in [0, 0.05) is 10.9 Å². The molecule has 3 rings (SSSR count). The maximum Gasteiger partial charge on any atom is 0.261 e. The fraction of sp³-hybridized carbons (Fsp3) is 0.421. The van der Waals surface area contributed by atoms with Gasteiger partial charge < -0.3 is 9.64 Å².